The SMILES string of the molecule is CCOC(=O)CCC(=NOCc1ccc(OCc2nc(-c3ccccc3)oc2C)cc1)c1ccco1. The van der Waals surface area contributed by atoms with E-state index in [0.29, 0.717) is 42.7 Å². The Balaban J connectivity index is 1.30. The fraction of sp³-hybridized carbons (Fsp3) is 0.250. The summed E-state index contributed by atoms with van der Waals surface area (Å²) in [4.78, 5) is 21.8. The van der Waals surface area contributed by atoms with Gasteiger partial charge in [0.1, 0.15) is 36.1 Å². The lowest BCUT2D eigenvalue weighted by Crippen LogP contribution is -2.09. The normalized spacial score (nSPS) is 11.3. The van der Waals surface area contributed by atoms with Gasteiger partial charge in [0.05, 0.1) is 19.3 Å². The van der Waals surface area contributed by atoms with Crippen molar-refractivity contribution in [3.8, 4) is 17.2 Å². The third-order valence-corrected chi connectivity index (χ3v) is 5.30. The summed E-state index contributed by atoms with van der Waals surface area (Å²) in [5.41, 5.74) is 3.14. The highest BCUT2D eigenvalue weighted by Gasteiger charge is 2.13. The molecule has 0 spiro atoms. The number of hydrogen-bond donors (Lipinski definition) is 0. The highest BCUT2D eigenvalue weighted by molar-refractivity contribution is 5.99. The van der Waals surface area contributed by atoms with Gasteiger partial charge in [0.2, 0.25) is 5.89 Å². The van der Waals surface area contributed by atoms with Gasteiger partial charge in [-0.05, 0) is 55.8 Å². The Labute approximate surface area is 209 Å². The minimum absolute atomic E-state index is 0.195. The number of carbonyl (C=O) groups excluding carboxylic acids is 1. The van der Waals surface area contributed by atoms with E-state index in [9.17, 15) is 4.79 Å². The maximum absolute atomic E-state index is 11.7. The second-order valence-electron chi connectivity index (χ2n) is 7.91. The van der Waals surface area contributed by atoms with Crippen LogP contribution in [0.1, 0.15) is 42.5 Å². The predicted molar refractivity (Wildman–Crippen MR) is 133 cm³/mol. The number of aryl methyl sites for hydroxylation is 1. The zero-order chi connectivity index (χ0) is 25.2. The molecule has 4 aromatic rings. The van der Waals surface area contributed by atoms with Crippen molar-refractivity contribution < 1.29 is 27.9 Å². The first-order valence-electron chi connectivity index (χ1n) is 11.7. The minimum Gasteiger partial charge on any atom is -0.487 e. The van der Waals surface area contributed by atoms with E-state index in [4.69, 9.17) is 23.1 Å². The quantitative estimate of drug-likeness (QED) is 0.135. The van der Waals surface area contributed by atoms with Crippen LogP contribution in [0.3, 0.4) is 0 Å². The molecule has 0 amide bonds. The lowest BCUT2D eigenvalue weighted by atomic mass is 10.2. The van der Waals surface area contributed by atoms with Crippen molar-refractivity contribution in [2.24, 2.45) is 5.16 Å². The van der Waals surface area contributed by atoms with Gasteiger partial charge < -0.3 is 23.1 Å². The number of carbonyl (C=O) groups is 1. The molecule has 36 heavy (non-hydrogen) atoms. The van der Waals surface area contributed by atoms with Crippen molar-refractivity contribution in [1.29, 1.82) is 0 Å². The molecule has 2 aromatic heterocycles. The molecule has 186 valence electrons. The fourth-order valence-electron chi connectivity index (χ4n) is 3.39. The largest absolute Gasteiger partial charge is 0.487 e. The zero-order valence-electron chi connectivity index (χ0n) is 20.3. The van der Waals surface area contributed by atoms with Crippen LogP contribution in [-0.2, 0) is 27.6 Å². The molecule has 0 bridgehead atoms. The fourth-order valence-corrected chi connectivity index (χ4v) is 3.39. The second kappa shape index (κ2) is 12.4. The Morgan fingerprint density at radius 1 is 0.972 bits per heavy atom. The Morgan fingerprint density at radius 2 is 1.78 bits per heavy atom. The Bertz CT molecular complexity index is 1260. The standard InChI is InChI=1S/C28H28N2O6/c1-3-32-27(31)16-15-24(26-10-7-17-33-26)30-35-18-21-11-13-23(14-12-21)34-19-25-20(2)36-28(29-25)22-8-5-4-6-9-22/h4-14,17H,3,15-16,18-19H2,1-2H3. The molecule has 4 rings (SSSR count). The molecule has 0 atom stereocenters. The predicted octanol–water partition coefficient (Wildman–Crippen LogP) is 6.09. The van der Waals surface area contributed by atoms with Crippen LogP contribution in [0.4, 0.5) is 0 Å². The van der Waals surface area contributed by atoms with Crippen LogP contribution in [0.15, 0.2) is 87.0 Å². The molecular formula is C28H28N2O6. The van der Waals surface area contributed by atoms with E-state index in [2.05, 4.69) is 10.1 Å². The van der Waals surface area contributed by atoms with Gasteiger partial charge in [0.15, 0.2) is 5.76 Å². The van der Waals surface area contributed by atoms with Gasteiger partial charge in [-0.25, -0.2) is 4.98 Å². The van der Waals surface area contributed by atoms with E-state index in [-0.39, 0.29) is 19.0 Å². The van der Waals surface area contributed by atoms with Gasteiger partial charge in [-0.15, -0.1) is 0 Å². The van der Waals surface area contributed by atoms with Crippen LogP contribution in [0, 0.1) is 6.92 Å². The molecule has 2 heterocycles. The van der Waals surface area contributed by atoms with E-state index in [1.807, 2.05) is 61.5 Å². The number of ether oxygens (including phenoxy) is 2. The Morgan fingerprint density at radius 3 is 2.50 bits per heavy atom. The molecule has 0 aliphatic rings. The van der Waals surface area contributed by atoms with Gasteiger partial charge in [-0.3, -0.25) is 4.79 Å². The van der Waals surface area contributed by atoms with E-state index >= 15 is 0 Å². The van der Waals surface area contributed by atoms with Crippen molar-refractivity contribution >= 4 is 11.7 Å². The monoisotopic (exact) mass is 488 g/mol. The summed E-state index contributed by atoms with van der Waals surface area (Å²) in [5, 5.41) is 4.19. The van der Waals surface area contributed by atoms with E-state index in [1.165, 1.54) is 0 Å². The maximum atomic E-state index is 11.7. The number of oxime groups is 1. The molecular weight excluding hydrogens is 460 g/mol. The van der Waals surface area contributed by atoms with Gasteiger partial charge >= 0.3 is 5.97 Å². The van der Waals surface area contributed by atoms with Crippen molar-refractivity contribution in [1.82, 2.24) is 4.98 Å². The van der Waals surface area contributed by atoms with Crippen LogP contribution in [0.25, 0.3) is 11.5 Å². The highest BCUT2D eigenvalue weighted by atomic mass is 16.6. The Kier molecular flexibility index (Phi) is 8.53. The van der Waals surface area contributed by atoms with Crippen LogP contribution < -0.4 is 4.74 Å². The molecule has 0 saturated heterocycles. The summed E-state index contributed by atoms with van der Waals surface area (Å²) < 4.78 is 22.1. The van der Waals surface area contributed by atoms with E-state index in [1.54, 1.807) is 25.3 Å². The molecule has 8 nitrogen and oxygen atoms in total. The van der Waals surface area contributed by atoms with Crippen LogP contribution in [0.2, 0.25) is 0 Å². The molecule has 0 aliphatic heterocycles. The first-order valence-corrected chi connectivity index (χ1v) is 11.7. The average Bonchev–Trinajstić information content (AvgIpc) is 3.56. The van der Waals surface area contributed by atoms with Gasteiger partial charge in [0, 0.05) is 12.0 Å². The third kappa shape index (κ3) is 6.85. The van der Waals surface area contributed by atoms with Gasteiger partial charge in [-0.1, -0.05) is 35.5 Å². The topological polar surface area (TPSA) is 96.3 Å². The van der Waals surface area contributed by atoms with E-state index in [0.717, 1.165) is 22.6 Å². The summed E-state index contributed by atoms with van der Waals surface area (Å²) in [7, 11) is 0. The van der Waals surface area contributed by atoms with Crippen molar-refractivity contribution in [2.75, 3.05) is 6.61 Å². The maximum Gasteiger partial charge on any atom is 0.306 e. The average molecular weight is 489 g/mol. The van der Waals surface area contributed by atoms with Crippen molar-refractivity contribution in [3.63, 3.8) is 0 Å². The number of hydrogen-bond acceptors (Lipinski definition) is 8. The van der Waals surface area contributed by atoms with Gasteiger partial charge in [0.25, 0.3) is 0 Å². The van der Waals surface area contributed by atoms with Crippen molar-refractivity contribution in [2.45, 2.75) is 39.9 Å². The molecule has 0 saturated carbocycles. The first kappa shape index (κ1) is 24.8. The minimum atomic E-state index is -0.288. The van der Waals surface area contributed by atoms with Crippen LogP contribution >= 0.6 is 0 Å². The number of aromatic nitrogens is 1. The molecule has 0 N–H and O–H groups in total. The zero-order valence-corrected chi connectivity index (χ0v) is 20.3. The van der Waals surface area contributed by atoms with Crippen LogP contribution in [-0.4, -0.2) is 23.3 Å². The molecule has 0 radical (unpaired) electrons. The molecule has 0 aliphatic carbocycles. The number of oxazole rings is 1. The molecule has 8 heteroatoms. The van der Waals surface area contributed by atoms with Gasteiger partial charge in [-0.2, -0.15) is 0 Å². The first-order chi connectivity index (χ1) is 17.6. The lowest BCUT2D eigenvalue weighted by molar-refractivity contribution is -0.142. The smallest absolute Gasteiger partial charge is 0.306 e. The number of esters is 1. The van der Waals surface area contributed by atoms with Crippen molar-refractivity contribution in [3.05, 3.63) is 95.8 Å². The lowest BCUT2D eigenvalue weighted by Gasteiger charge is -2.07. The van der Waals surface area contributed by atoms with Crippen LogP contribution in [0.5, 0.6) is 5.75 Å². The number of rotatable bonds is 12. The second-order valence-corrected chi connectivity index (χ2v) is 7.91. The third-order valence-electron chi connectivity index (χ3n) is 5.30. The molecule has 2 aromatic carbocycles. The summed E-state index contributed by atoms with van der Waals surface area (Å²) in [6.45, 7) is 4.55. The highest BCUT2D eigenvalue weighted by Crippen LogP contribution is 2.23. The number of benzene rings is 2. The summed E-state index contributed by atoms with van der Waals surface area (Å²) in [6, 6.07) is 20.8. The number of nitrogens with zero attached hydrogens (tertiary/aromatic N) is 2. The molecule has 0 unspecified atom stereocenters. The number of furan rings is 1. The molecule has 0 fully saturated rings. The summed E-state index contributed by atoms with van der Waals surface area (Å²) in [5.74, 6) is 2.28. The summed E-state index contributed by atoms with van der Waals surface area (Å²) >= 11 is 0. The van der Waals surface area contributed by atoms with E-state index < -0.39 is 0 Å². The summed E-state index contributed by atoms with van der Waals surface area (Å²) in [6.07, 6.45) is 2.10. The Hall–Kier alpha value is -4.33.